The minimum atomic E-state index is -3.52. The van der Waals surface area contributed by atoms with Gasteiger partial charge in [0, 0.05) is 31.8 Å². The van der Waals surface area contributed by atoms with Crippen LogP contribution in [-0.2, 0) is 26.1 Å². The molecule has 1 heterocycles. The Morgan fingerprint density at radius 3 is 2.35 bits per heavy atom. The number of hydrogen-bond donors (Lipinski definition) is 0. The van der Waals surface area contributed by atoms with Gasteiger partial charge < -0.3 is 9.64 Å². The van der Waals surface area contributed by atoms with Crippen LogP contribution in [0, 0.1) is 0 Å². The number of sulfonamides is 1. The maximum absolute atomic E-state index is 12.9. The summed E-state index contributed by atoms with van der Waals surface area (Å²) in [5, 5.41) is 0. The average Bonchev–Trinajstić information content (AvgIpc) is 2.82. The standard InChI is InChI=1S/C24H30N2O4S/c1-3-20(2)26(19-22-7-5-4-6-8-22)24(27)14-11-21-9-12-23(13-10-21)31(28,29)25-15-17-30-18-16-25/h4-14,20H,3,15-19H2,1-2H3/b14-11+. The molecule has 166 valence electrons. The number of hydrogen-bond acceptors (Lipinski definition) is 4. The highest BCUT2D eigenvalue weighted by Gasteiger charge is 2.26. The summed E-state index contributed by atoms with van der Waals surface area (Å²) < 4.78 is 32.1. The van der Waals surface area contributed by atoms with Crippen LogP contribution in [0.1, 0.15) is 31.4 Å². The van der Waals surface area contributed by atoms with E-state index < -0.39 is 10.0 Å². The molecule has 1 unspecified atom stereocenters. The van der Waals surface area contributed by atoms with Gasteiger partial charge in [-0.1, -0.05) is 49.4 Å². The van der Waals surface area contributed by atoms with Crippen molar-refractivity contribution in [2.24, 2.45) is 0 Å². The molecule has 31 heavy (non-hydrogen) atoms. The third-order valence-electron chi connectivity index (χ3n) is 5.51. The number of nitrogens with zero attached hydrogens (tertiary/aromatic N) is 2. The van der Waals surface area contributed by atoms with Gasteiger partial charge in [0.1, 0.15) is 0 Å². The topological polar surface area (TPSA) is 66.9 Å². The molecule has 1 aliphatic rings. The van der Waals surface area contributed by atoms with E-state index in [1.54, 1.807) is 36.4 Å². The number of carbonyl (C=O) groups is 1. The predicted octanol–water partition coefficient (Wildman–Crippen LogP) is 3.55. The van der Waals surface area contributed by atoms with Crippen LogP contribution in [0.15, 0.2) is 65.6 Å². The Kier molecular flexibility index (Phi) is 8.01. The van der Waals surface area contributed by atoms with Gasteiger partial charge in [0.05, 0.1) is 18.1 Å². The second-order valence-corrected chi connectivity index (χ2v) is 9.57. The molecule has 2 aromatic rings. The van der Waals surface area contributed by atoms with Crippen molar-refractivity contribution in [3.8, 4) is 0 Å². The monoisotopic (exact) mass is 442 g/mol. The van der Waals surface area contributed by atoms with Crippen molar-refractivity contribution >= 4 is 22.0 Å². The first-order chi connectivity index (χ1) is 14.9. The Bertz CT molecular complexity index is 982. The quantitative estimate of drug-likeness (QED) is 0.587. The van der Waals surface area contributed by atoms with Gasteiger partial charge in [-0.05, 0) is 42.7 Å². The Hall–Kier alpha value is -2.48. The lowest BCUT2D eigenvalue weighted by molar-refractivity contribution is -0.128. The first-order valence-corrected chi connectivity index (χ1v) is 12.1. The minimum absolute atomic E-state index is 0.0665. The van der Waals surface area contributed by atoms with Gasteiger partial charge in [0.2, 0.25) is 15.9 Å². The van der Waals surface area contributed by atoms with Crippen LogP contribution in [0.25, 0.3) is 6.08 Å². The normalized spacial score (nSPS) is 16.3. The van der Waals surface area contributed by atoms with Crippen LogP contribution in [0.5, 0.6) is 0 Å². The second kappa shape index (κ2) is 10.7. The van der Waals surface area contributed by atoms with Gasteiger partial charge in [0.25, 0.3) is 0 Å². The van der Waals surface area contributed by atoms with E-state index in [1.807, 2.05) is 42.2 Å². The van der Waals surface area contributed by atoms with Gasteiger partial charge in [-0.2, -0.15) is 4.31 Å². The van der Waals surface area contributed by atoms with Crippen molar-refractivity contribution in [3.63, 3.8) is 0 Å². The fourth-order valence-corrected chi connectivity index (χ4v) is 4.81. The third kappa shape index (κ3) is 6.03. The summed E-state index contributed by atoms with van der Waals surface area (Å²) in [6.45, 7) is 6.22. The Balaban J connectivity index is 1.70. The highest BCUT2D eigenvalue weighted by Crippen LogP contribution is 2.18. The summed E-state index contributed by atoms with van der Waals surface area (Å²) in [5.41, 5.74) is 1.86. The van der Waals surface area contributed by atoms with Gasteiger partial charge in [-0.3, -0.25) is 4.79 Å². The zero-order valence-electron chi connectivity index (χ0n) is 18.1. The SMILES string of the molecule is CCC(C)N(Cc1ccccc1)C(=O)/C=C/c1ccc(S(=O)(=O)N2CCOCC2)cc1. The molecule has 1 atom stereocenters. The van der Waals surface area contributed by atoms with Crippen molar-refractivity contribution in [1.29, 1.82) is 0 Å². The molecule has 1 aliphatic heterocycles. The van der Waals surface area contributed by atoms with Crippen molar-refractivity contribution in [2.75, 3.05) is 26.3 Å². The van der Waals surface area contributed by atoms with Gasteiger partial charge in [0.15, 0.2) is 0 Å². The van der Waals surface area contributed by atoms with E-state index in [2.05, 4.69) is 6.92 Å². The van der Waals surface area contributed by atoms with Crippen molar-refractivity contribution in [2.45, 2.75) is 37.8 Å². The van der Waals surface area contributed by atoms with Gasteiger partial charge in [-0.15, -0.1) is 0 Å². The molecule has 0 bridgehead atoms. The molecule has 7 heteroatoms. The molecule has 0 radical (unpaired) electrons. The van der Waals surface area contributed by atoms with E-state index in [9.17, 15) is 13.2 Å². The number of ether oxygens (including phenoxy) is 1. The molecule has 0 aromatic heterocycles. The van der Waals surface area contributed by atoms with E-state index in [0.717, 1.165) is 17.5 Å². The number of rotatable bonds is 8. The van der Waals surface area contributed by atoms with Crippen LogP contribution in [-0.4, -0.2) is 55.9 Å². The highest BCUT2D eigenvalue weighted by atomic mass is 32.2. The average molecular weight is 443 g/mol. The lowest BCUT2D eigenvalue weighted by Gasteiger charge is -2.27. The van der Waals surface area contributed by atoms with E-state index in [0.29, 0.717) is 32.8 Å². The predicted molar refractivity (Wildman–Crippen MR) is 122 cm³/mol. The number of carbonyl (C=O) groups excluding carboxylic acids is 1. The van der Waals surface area contributed by atoms with Crippen molar-refractivity contribution in [3.05, 3.63) is 71.8 Å². The molecule has 1 saturated heterocycles. The molecular formula is C24H30N2O4S. The molecule has 6 nitrogen and oxygen atoms in total. The van der Waals surface area contributed by atoms with Crippen LogP contribution < -0.4 is 0 Å². The molecular weight excluding hydrogens is 412 g/mol. The lowest BCUT2D eigenvalue weighted by Crippen LogP contribution is -2.40. The summed E-state index contributed by atoms with van der Waals surface area (Å²) in [5.74, 6) is -0.0665. The van der Waals surface area contributed by atoms with Crippen LogP contribution in [0.4, 0.5) is 0 Å². The number of benzene rings is 2. The summed E-state index contributed by atoms with van der Waals surface area (Å²) in [4.78, 5) is 15.0. The Morgan fingerprint density at radius 1 is 1.10 bits per heavy atom. The van der Waals surface area contributed by atoms with Crippen LogP contribution >= 0.6 is 0 Å². The van der Waals surface area contributed by atoms with E-state index in [4.69, 9.17) is 4.74 Å². The van der Waals surface area contributed by atoms with Crippen LogP contribution in [0.3, 0.4) is 0 Å². The fourth-order valence-electron chi connectivity index (χ4n) is 3.40. The second-order valence-electron chi connectivity index (χ2n) is 7.63. The third-order valence-corrected chi connectivity index (χ3v) is 7.42. The smallest absolute Gasteiger partial charge is 0.247 e. The summed E-state index contributed by atoms with van der Waals surface area (Å²) >= 11 is 0. The molecule has 1 fully saturated rings. The molecule has 3 rings (SSSR count). The molecule has 0 saturated carbocycles. The number of amides is 1. The van der Waals surface area contributed by atoms with E-state index >= 15 is 0 Å². The first-order valence-electron chi connectivity index (χ1n) is 10.6. The maximum Gasteiger partial charge on any atom is 0.247 e. The highest BCUT2D eigenvalue weighted by molar-refractivity contribution is 7.89. The molecule has 2 aromatic carbocycles. The summed E-state index contributed by atoms with van der Waals surface area (Å²) in [6, 6.07) is 16.7. The Labute approximate surface area is 185 Å². The van der Waals surface area contributed by atoms with Crippen molar-refractivity contribution in [1.82, 2.24) is 9.21 Å². The fraction of sp³-hybridized carbons (Fsp3) is 0.375. The molecule has 0 N–H and O–H groups in total. The minimum Gasteiger partial charge on any atom is -0.379 e. The first kappa shape index (κ1) is 23.2. The summed E-state index contributed by atoms with van der Waals surface area (Å²) in [6.07, 6.45) is 4.15. The molecule has 0 aliphatic carbocycles. The summed E-state index contributed by atoms with van der Waals surface area (Å²) in [7, 11) is -3.52. The molecule has 0 spiro atoms. The maximum atomic E-state index is 12.9. The van der Waals surface area contributed by atoms with Crippen molar-refractivity contribution < 1.29 is 17.9 Å². The zero-order valence-corrected chi connectivity index (χ0v) is 18.9. The largest absolute Gasteiger partial charge is 0.379 e. The lowest BCUT2D eigenvalue weighted by atomic mass is 10.1. The zero-order chi connectivity index (χ0) is 22.3. The van der Waals surface area contributed by atoms with E-state index in [-0.39, 0.29) is 16.8 Å². The molecule has 1 amide bonds. The van der Waals surface area contributed by atoms with Crippen LogP contribution in [0.2, 0.25) is 0 Å². The van der Waals surface area contributed by atoms with Gasteiger partial charge >= 0.3 is 0 Å². The van der Waals surface area contributed by atoms with Gasteiger partial charge in [-0.25, -0.2) is 8.42 Å². The number of morpholine rings is 1. The Morgan fingerprint density at radius 2 is 1.74 bits per heavy atom. The van der Waals surface area contributed by atoms with E-state index in [1.165, 1.54) is 4.31 Å².